The normalized spacial score (nSPS) is 19.7. The van der Waals surface area contributed by atoms with E-state index in [1.54, 1.807) is 6.20 Å². The number of hydrogen-bond donors (Lipinski definition) is 2. The molecule has 2 aliphatic rings. The van der Waals surface area contributed by atoms with Crippen LogP contribution in [0, 0.1) is 5.92 Å². The van der Waals surface area contributed by atoms with Crippen LogP contribution in [0.4, 0.5) is 11.5 Å². The minimum atomic E-state index is 0.109. The molecule has 0 radical (unpaired) electrons. The third kappa shape index (κ3) is 3.94. The molecule has 1 aromatic rings. The predicted molar refractivity (Wildman–Crippen MR) is 84.5 cm³/mol. The van der Waals surface area contributed by atoms with Crippen molar-refractivity contribution in [3.8, 4) is 0 Å². The molecule has 2 N–H and O–H groups in total. The number of carbonyl (C=O) groups excluding carboxylic acids is 1. The van der Waals surface area contributed by atoms with Gasteiger partial charge in [-0.1, -0.05) is 0 Å². The fourth-order valence-electron chi connectivity index (χ4n) is 3.15. The Labute approximate surface area is 126 Å². The van der Waals surface area contributed by atoms with Crippen LogP contribution >= 0.6 is 0 Å². The number of hydrogen-bond acceptors (Lipinski definition) is 4. The summed E-state index contributed by atoms with van der Waals surface area (Å²) in [5, 5.41) is 6.29. The lowest BCUT2D eigenvalue weighted by Crippen LogP contribution is -2.30. The molecule has 0 unspecified atom stereocenters. The van der Waals surface area contributed by atoms with Gasteiger partial charge in [0, 0.05) is 19.5 Å². The molecule has 0 saturated carbocycles. The molecule has 5 heteroatoms. The summed E-state index contributed by atoms with van der Waals surface area (Å²) in [4.78, 5) is 18.8. The highest BCUT2D eigenvalue weighted by atomic mass is 16.1. The first-order valence-corrected chi connectivity index (χ1v) is 8.03. The van der Waals surface area contributed by atoms with Gasteiger partial charge in [-0.3, -0.25) is 4.79 Å². The van der Waals surface area contributed by atoms with Gasteiger partial charge in [-0.2, -0.15) is 0 Å². The molecular weight excluding hydrogens is 264 g/mol. The Balaban J connectivity index is 1.50. The fraction of sp³-hybridized carbons (Fsp3) is 0.625. The van der Waals surface area contributed by atoms with E-state index < -0.39 is 0 Å². The summed E-state index contributed by atoms with van der Waals surface area (Å²) in [6.07, 6.45) is 7.08. The van der Waals surface area contributed by atoms with Crippen LogP contribution in [0.15, 0.2) is 18.3 Å². The van der Waals surface area contributed by atoms with Crippen molar-refractivity contribution in [2.75, 3.05) is 36.4 Å². The highest BCUT2D eigenvalue weighted by molar-refractivity contribution is 5.90. The number of nitrogens with one attached hydrogen (secondary N) is 2. The van der Waals surface area contributed by atoms with Crippen molar-refractivity contribution >= 4 is 17.4 Å². The summed E-state index contributed by atoms with van der Waals surface area (Å²) < 4.78 is 0. The molecular formula is C16H24N4O. The first-order valence-electron chi connectivity index (χ1n) is 8.03. The third-order valence-electron chi connectivity index (χ3n) is 4.39. The summed E-state index contributed by atoms with van der Waals surface area (Å²) >= 11 is 0. The standard InChI is InChI=1S/C16H24N4O/c21-16(11-13-5-7-17-8-6-13)19-14-3-4-15(18-12-14)20-9-1-2-10-20/h3-4,12-13,17H,1-2,5-11H2,(H,19,21). The van der Waals surface area contributed by atoms with Crippen LogP contribution < -0.4 is 15.5 Å². The van der Waals surface area contributed by atoms with Gasteiger partial charge < -0.3 is 15.5 Å². The monoisotopic (exact) mass is 288 g/mol. The van der Waals surface area contributed by atoms with Crippen LogP contribution in [0.2, 0.25) is 0 Å². The molecule has 2 fully saturated rings. The zero-order valence-corrected chi connectivity index (χ0v) is 12.5. The lowest BCUT2D eigenvalue weighted by atomic mass is 9.94. The van der Waals surface area contributed by atoms with Gasteiger partial charge in [0.05, 0.1) is 11.9 Å². The largest absolute Gasteiger partial charge is 0.357 e. The molecule has 21 heavy (non-hydrogen) atoms. The van der Waals surface area contributed by atoms with Gasteiger partial charge in [-0.15, -0.1) is 0 Å². The van der Waals surface area contributed by atoms with Crippen molar-refractivity contribution in [2.24, 2.45) is 5.92 Å². The molecule has 0 aliphatic carbocycles. The smallest absolute Gasteiger partial charge is 0.224 e. The first kappa shape index (κ1) is 14.3. The molecule has 114 valence electrons. The second kappa shape index (κ2) is 6.89. The van der Waals surface area contributed by atoms with Crippen LogP contribution in [-0.2, 0) is 4.79 Å². The summed E-state index contributed by atoms with van der Waals surface area (Å²) in [5.74, 6) is 1.64. The van der Waals surface area contributed by atoms with Gasteiger partial charge in [-0.05, 0) is 56.8 Å². The highest BCUT2D eigenvalue weighted by Crippen LogP contribution is 2.20. The van der Waals surface area contributed by atoms with Crippen molar-refractivity contribution < 1.29 is 4.79 Å². The Morgan fingerprint density at radius 1 is 1.29 bits per heavy atom. The number of anilines is 2. The van der Waals surface area contributed by atoms with Gasteiger partial charge >= 0.3 is 0 Å². The maximum Gasteiger partial charge on any atom is 0.224 e. The second-order valence-electron chi connectivity index (χ2n) is 6.04. The Morgan fingerprint density at radius 3 is 2.71 bits per heavy atom. The lowest BCUT2D eigenvalue weighted by Gasteiger charge is -2.22. The Hall–Kier alpha value is -1.62. The van der Waals surface area contributed by atoms with Crippen molar-refractivity contribution in [1.82, 2.24) is 10.3 Å². The summed E-state index contributed by atoms with van der Waals surface area (Å²) in [7, 11) is 0. The Bertz CT molecular complexity index is 462. The van der Waals surface area contributed by atoms with E-state index in [9.17, 15) is 4.79 Å². The number of piperidine rings is 1. The number of aromatic nitrogens is 1. The van der Waals surface area contributed by atoms with E-state index in [1.165, 1.54) is 12.8 Å². The Morgan fingerprint density at radius 2 is 2.05 bits per heavy atom. The molecule has 5 nitrogen and oxygen atoms in total. The van der Waals surface area contributed by atoms with E-state index in [4.69, 9.17) is 0 Å². The Kier molecular flexibility index (Phi) is 4.70. The zero-order valence-electron chi connectivity index (χ0n) is 12.5. The highest BCUT2D eigenvalue weighted by Gasteiger charge is 2.17. The van der Waals surface area contributed by atoms with Crippen molar-refractivity contribution in [1.29, 1.82) is 0 Å². The fourth-order valence-corrected chi connectivity index (χ4v) is 3.15. The van der Waals surface area contributed by atoms with Crippen molar-refractivity contribution in [3.63, 3.8) is 0 Å². The summed E-state index contributed by atoms with van der Waals surface area (Å²) in [6.45, 7) is 4.25. The van der Waals surface area contributed by atoms with E-state index in [2.05, 4.69) is 20.5 Å². The van der Waals surface area contributed by atoms with Crippen molar-refractivity contribution in [2.45, 2.75) is 32.1 Å². The molecule has 3 heterocycles. The SMILES string of the molecule is O=C(CC1CCNCC1)Nc1ccc(N2CCCC2)nc1. The zero-order chi connectivity index (χ0) is 14.5. The van der Waals surface area contributed by atoms with E-state index in [1.807, 2.05) is 12.1 Å². The second-order valence-corrected chi connectivity index (χ2v) is 6.04. The van der Waals surface area contributed by atoms with E-state index in [0.717, 1.165) is 50.5 Å². The van der Waals surface area contributed by atoms with Crippen LogP contribution in [0.5, 0.6) is 0 Å². The molecule has 0 bridgehead atoms. The predicted octanol–water partition coefficient (Wildman–Crippen LogP) is 2.01. The maximum atomic E-state index is 12.1. The molecule has 0 spiro atoms. The molecule has 3 rings (SSSR count). The number of carbonyl (C=O) groups is 1. The van der Waals surface area contributed by atoms with Gasteiger partial charge in [0.25, 0.3) is 0 Å². The maximum absolute atomic E-state index is 12.1. The van der Waals surface area contributed by atoms with Gasteiger partial charge in [0.15, 0.2) is 0 Å². The number of amides is 1. The molecule has 2 aliphatic heterocycles. The van der Waals surface area contributed by atoms with Crippen LogP contribution in [0.1, 0.15) is 32.1 Å². The molecule has 0 aromatic carbocycles. The van der Waals surface area contributed by atoms with Gasteiger partial charge in [0.1, 0.15) is 5.82 Å². The van der Waals surface area contributed by atoms with Crippen LogP contribution in [-0.4, -0.2) is 37.1 Å². The minimum Gasteiger partial charge on any atom is -0.357 e. The summed E-state index contributed by atoms with van der Waals surface area (Å²) in [6, 6.07) is 3.96. The molecule has 0 atom stereocenters. The molecule has 1 amide bonds. The minimum absolute atomic E-state index is 0.109. The van der Waals surface area contributed by atoms with Crippen LogP contribution in [0.25, 0.3) is 0 Å². The average Bonchev–Trinajstić information content (AvgIpc) is 3.03. The van der Waals surface area contributed by atoms with Crippen LogP contribution in [0.3, 0.4) is 0 Å². The number of nitrogens with zero attached hydrogens (tertiary/aromatic N) is 2. The molecule has 1 aromatic heterocycles. The summed E-state index contributed by atoms with van der Waals surface area (Å²) in [5.41, 5.74) is 0.803. The number of rotatable bonds is 4. The van der Waals surface area contributed by atoms with Gasteiger partial charge in [0.2, 0.25) is 5.91 Å². The quantitative estimate of drug-likeness (QED) is 0.890. The van der Waals surface area contributed by atoms with Gasteiger partial charge in [-0.25, -0.2) is 4.98 Å². The topological polar surface area (TPSA) is 57.3 Å². The third-order valence-corrected chi connectivity index (χ3v) is 4.39. The van der Waals surface area contributed by atoms with E-state index >= 15 is 0 Å². The number of pyridine rings is 1. The lowest BCUT2D eigenvalue weighted by molar-refractivity contribution is -0.117. The first-order chi connectivity index (χ1) is 10.3. The molecule has 2 saturated heterocycles. The van der Waals surface area contributed by atoms with E-state index in [0.29, 0.717) is 12.3 Å². The van der Waals surface area contributed by atoms with E-state index in [-0.39, 0.29) is 5.91 Å². The van der Waals surface area contributed by atoms with Crippen molar-refractivity contribution in [3.05, 3.63) is 18.3 Å². The average molecular weight is 288 g/mol.